The maximum atomic E-state index is 12.1. The minimum Gasteiger partial charge on any atom is -0.496 e. The first-order chi connectivity index (χ1) is 13.3. The van der Waals surface area contributed by atoms with Crippen LogP contribution in [0.2, 0.25) is 0 Å². The summed E-state index contributed by atoms with van der Waals surface area (Å²) in [6.45, 7) is 3.20. The molecule has 0 spiro atoms. The molecule has 2 aromatic carbocycles. The third-order valence-electron chi connectivity index (χ3n) is 4.11. The number of amides is 2. The van der Waals surface area contributed by atoms with Crippen LogP contribution in [0.15, 0.2) is 42.5 Å². The van der Waals surface area contributed by atoms with Gasteiger partial charge in [0, 0.05) is 12.7 Å². The van der Waals surface area contributed by atoms with E-state index in [0.717, 1.165) is 11.1 Å². The molecule has 0 aliphatic rings. The number of carbonyl (C=O) groups excluding carboxylic acids is 3. The fourth-order valence-electron chi connectivity index (χ4n) is 2.41. The molecule has 0 aliphatic carbocycles. The van der Waals surface area contributed by atoms with Gasteiger partial charge in [0.1, 0.15) is 5.75 Å². The molecule has 0 radical (unpaired) electrons. The van der Waals surface area contributed by atoms with Crippen LogP contribution in [0.1, 0.15) is 21.5 Å². The highest BCUT2D eigenvalue weighted by molar-refractivity contribution is 5.95. The van der Waals surface area contributed by atoms with Crippen molar-refractivity contribution in [1.29, 1.82) is 0 Å². The van der Waals surface area contributed by atoms with E-state index in [2.05, 4.69) is 5.32 Å². The van der Waals surface area contributed by atoms with Gasteiger partial charge in [-0.05, 0) is 43.7 Å². The van der Waals surface area contributed by atoms with Gasteiger partial charge in [-0.3, -0.25) is 9.59 Å². The molecule has 0 aliphatic heterocycles. The normalized spacial score (nSPS) is 10.1. The second-order valence-electron chi connectivity index (χ2n) is 6.42. The van der Waals surface area contributed by atoms with Crippen LogP contribution in [-0.4, -0.2) is 50.0 Å². The van der Waals surface area contributed by atoms with Gasteiger partial charge < -0.3 is 19.7 Å². The van der Waals surface area contributed by atoms with E-state index in [-0.39, 0.29) is 18.0 Å². The molecule has 0 fully saturated rings. The predicted octanol–water partition coefficient (Wildman–Crippen LogP) is 2.57. The molecule has 0 bridgehead atoms. The fraction of sp³-hybridized carbons (Fsp3) is 0.286. The lowest BCUT2D eigenvalue weighted by Gasteiger charge is -2.17. The lowest BCUT2D eigenvalue weighted by atomic mass is 10.1. The number of esters is 1. The summed E-state index contributed by atoms with van der Waals surface area (Å²) in [4.78, 5) is 37.5. The van der Waals surface area contributed by atoms with E-state index in [1.54, 1.807) is 30.3 Å². The number of likely N-dealkylation sites (N-methyl/N-ethyl adjacent to an activating group) is 1. The van der Waals surface area contributed by atoms with Crippen molar-refractivity contribution in [3.05, 3.63) is 59.2 Å². The van der Waals surface area contributed by atoms with Crippen molar-refractivity contribution in [2.75, 3.05) is 32.6 Å². The third-order valence-corrected chi connectivity index (χ3v) is 4.11. The quantitative estimate of drug-likeness (QED) is 0.742. The van der Waals surface area contributed by atoms with Gasteiger partial charge in [-0.25, -0.2) is 4.79 Å². The molecule has 0 atom stereocenters. The zero-order chi connectivity index (χ0) is 20.7. The molecule has 0 unspecified atom stereocenters. The number of methoxy groups -OCH3 is 1. The van der Waals surface area contributed by atoms with Gasteiger partial charge >= 0.3 is 5.97 Å². The Morgan fingerprint density at radius 2 is 1.71 bits per heavy atom. The van der Waals surface area contributed by atoms with E-state index < -0.39 is 18.5 Å². The molecule has 2 rings (SSSR count). The van der Waals surface area contributed by atoms with Crippen LogP contribution >= 0.6 is 0 Å². The number of carbonyl (C=O) groups is 3. The summed E-state index contributed by atoms with van der Waals surface area (Å²) in [5.74, 6) is -0.893. The number of ether oxygens (including phenoxy) is 2. The van der Waals surface area contributed by atoms with Gasteiger partial charge in [0.2, 0.25) is 5.91 Å². The molecule has 2 amide bonds. The largest absolute Gasteiger partial charge is 0.496 e. The fourth-order valence-corrected chi connectivity index (χ4v) is 2.41. The SMILES string of the molecule is COc1cc(C(=O)OCC(=O)N(C)CC(=O)Nc2ccc(C)cc2)ccc1C. The molecule has 0 saturated carbocycles. The molecule has 0 aromatic heterocycles. The maximum absolute atomic E-state index is 12.1. The number of benzene rings is 2. The number of nitrogens with one attached hydrogen (secondary N) is 1. The lowest BCUT2D eigenvalue weighted by molar-refractivity contribution is -0.136. The number of aryl methyl sites for hydroxylation is 2. The van der Waals surface area contributed by atoms with Crippen molar-refractivity contribution in [3.8, 4) is 5.75 Å². The topological polar surface area (TPSA) is 84.9 Å². The molecular formula is C21H24N2O5. The zero-order valence-electron chi connectivity index (χ0n) is 16.4. The average molecular weight is 384 g/mol. The summed E-state index contributed by atoms with van der Waals surface area (Å²) < 4.78 is 10.2. The minimum absolute atomic E-state index is 0.150. The molecule has 7 nitrogen and oxygen atoms in total. The number of hydrogen-bond acceptors (Lipinski definition) is 5. The van der Waals surface area contributed by atoms with E-state index in [9.17, 15) is 14.4 Å². The van der Waals surface area contributed by atoms with Crippen molar-refractivity contribution in [2.45, 2.75) is 13.8 Å². The number of hydrogen-bond donors (Lipinski definition) is 1. The molecule has 0 saturated heterocycles. The summed E-state index contributed by atoms with van der Waals surface area (Å²) >= 11 is 0. The second kappa shape index (κ2) is 9.55. The van der Waals surface area contributed by atoms with Crippen LogP contribution in [-0.2, 0) is 14.3 Å². The first-order valence-corrected chi connectivity index (χ1v) is 8.72. The van der Waals surface area contributed by atoms with Crippen LogP contribution in [0.25, 0.3) is 0 Å². The van der Waals surface area contributed by atoms with Crippen molar-refractivity contribution in [3.63, 3.8) is 0 Å². The van der Waals surface area contributed by atoms with Gasteiger partial charge in [-0.15, -0.1) is 0 Å². The Kier molecular flexibility index (Phi) is 7.14. The first-order valence-electron chi connectivity index (χ1n) is 8.72. The standard InChI is InChI=1S/C21H24N2O5/c1-14-5-9-17(10-6-14)22-19(24)12-23(3)20(25)13-28-21(26)16-8-7-15(2)18(11-16)27-4/h5-11H,12-13H2,1-4H3,(H,22,24). The Morgan fingerprint density at radius 1 is 1.04 bits per heavy atom. The summed E-state index contributed by atoms with van der Waals surface area (Å²) in [7, 11) is 2.98. The van der Waals surface area contributed by atoms with E-state index in [0.29, 0.717) is 11.4 Å². The molecule has 7 heteroatoms. The Hall–Kier alpha value is -3.35. The van der Waals surface area contributed by atoms with Crippen LogP contribution in [0.3, 0.4) is 0 Å². The highest BCUT2D eigenvalue weighted by atomic mass is 16.5. The van der Waals surface area contributed by atoms with Crippen LogP contribution in [0, 0.1) is 13.8 Å². The van der Waals surface area contributed by atoms with Crippen LogP contribution in [0.4, 0.5) is 5.69 Å². The average Bonchev–Trinajstić information content (AvgIpc) is 2.67. The number of anilines is 1. The highest BCUT2D eigenvalue weighted by Crippen LogP contribution is 2.19. The lowest BCUT2D eigenvalue weighted by Crippen LogP contribution is -2.37. The maximum Gasteiger partial charge on any atom is 0.338 e. The van der Waals surface area contributed by atoms with E-state index >= 15 is 0 Å². The van der Waals surface area contributed by atoms with E-state index in [1.807, 2.05) is 26.0 Å². The second-order valence-corrected chi connectivity index (χ2v) is 6.42. The predicted molar refractivity (Wildman–Crippen MR) is 105 cm³/mol. The third kappa shape index (κ3) is 5.84. The zero-order valence-corrected chi connectivity index (χ0v) is 16.4. The highest BCUT2D eigenvalue weighted by Gasteiger charge is 2.17. The van der Waals surface area contributed by atoms with Gasteiger partial charge in [0.25, 0.3) is 5.91 Å². The Balaban J connectivity index is 1.83. The van der Waals surface area contributed by atoms with Crippen LogP contribution < -0.4 is 10.1 Å². The Bertz CT molecular complexity index is 862. The monoisotopic (exact) mass is 384 g/mol. The molecule has 148 valence electrons. The van der Waals surface area contributed by atoms with E-state index in [1.165, 1.54) is 19.1 Å². The minimum atomic E-state index is -0.635. The summed E-state index contributed by atoms with van der Waals surface area (Å²) in [5, 5.41) is 2.71. The number of nitrogens with zero attached hydrogens (tertiary/aromatic N) is 1. The molecular weight excluding hydrogens is 360 g/mol. The van der Waals surface area contributed by atoms with Crippen molar-refractivity contribution in [1.82, 2.24) is 4.90 Å². The molecule has 0 heterocycles. The Morgan fingerprint density at radius 3 is 2.36 bits per heavy atom. The van der Waals surface area contributed by atoms with Crippen molar-refractivity contribution in [2.24, 2.45) is 0 Å². The molecule has 28 heavy (non-hydrogen) atoms. The van der Waals surface area contributed by atoms with Crippen LogP contribution in [0.5, 0.6) is 5.75 Å². The Labute approximate surface area is 164 Å². The van der Waals surface area contributed by atoms with Crippen molar-refractivity contribution >= 4 is 23.5 Å². The van der Waals surface area contributed by atoms with Gasteiger partial charge in [-0.2, -0.15) is 0 Å². The summed E-state index contributed by atoms with van der Waals surface area (Å²) in [5.41, 5.74) is 2.90. The first kappa shape index (κ1) is 21.0. The smallest absolute Gasteiger partial charge is 0.338 e. The van der Waals surface area contributed by atoms with Gasteiger partial charge in [0.15, 0.2) is 6.61 Å². The van der Waals surface area contributed by atoms with Crippen molar-refractivity contribution < 1.29 is 23.9 Å². The van der Waals surface area contributed by atoms with E-state index in [4.69, 9.17) is 9.47 Å². The molecule has 2 aromatic rings. The summed E-state index contributed by atoms with van der Waals surface area (Å²) in [6.07, 6.45) is 0. The van der Waals surface area contributed by atoms with Gasteiger partial charge in [0.05, 0.1) is 19.2 Å². The van der Waals surface area contributed by atoms with Gasteiger partial charge in [-0.1, -0.05) is 23.8 Å². The molecule has 1 N–H and O–H groups in total. The summed E-state index contributed by atoms with van der Waals surface area (Å²) in [6, 6.07) is 12.2. The number of rotatable bonds is 7.